The molecule has 0 atom stereocenters. The Morgan fingerprint density at radius 2 is 2.19 bits per heavy atom. The Labute approximate surface area is 98.5 Å². The molecule has 16 heavy (non-hydrogen) atoms. The van der Waals surface area contributed by atoms with Crippen molar-refractivity contribution in [1.29, 1.82) is 0 Å². The summed E-state index contributed by atoms with van der Waals surface area (Å²) >= 11 is 0. The van der Waals surface area contributed by atoms with Gasteiger partial charge >= 0.3 is 0 Å². The average molecular weight is 218 g/mol. The first-order valence-electron chi connectivity index (χ1n) is 6.30. The monoisotopic (exact) mass is 218 g/mol. The second kappa shape index (κ2) is 4.96. The highest BCUT2D eigenvalue weighted by Gasteiger charge is 2.30. The van der Waals surface area contributed by atoms with E-state index >= 15 is 0 Å². The van der Waals surface area contributed by atoms with Crippen molar-refractivity contribution in [2.45, 2.75) is 46.2 Å². The van der Waals surface area contributed by atoms with Gasteiger partial charge in [-0.05, 0) is 43.2 Å². The van der Waals surface area contributed by atoms with Gasteiger partial charge in [-0.3, -0.25) is 4.98 Å². The standard InChI is InChI=1S/C14H22N2/c1-10(2)12-7-13(8-12)16-9-14-11(3)5-4-6-15-14/h4-6,10,12-13,16H,7-9H2,1-3H3. The van der Waals surface area contributed by atoms with Crippen LogP contribution in [0.3, 0.4) is 0 Å². The summed E-state index contributed by atoms with van der Waals surface area (Å²) in [4.78, 5) is 4.40. The summed E-state index contributed by atoms with van der Waals surface area (Å²) in [6, 6.07) is 4.84. The van der Waals surface area contributed by atoms with E-state index in [-0.39, 0.29) is 0 Å². The predicted molar refractivity (Wildman–Crippen MR) is 67.2 cm³/mol. The van der Waals surface area contributed by atoms with Gasteiger partial charge in [0, 0.05) is 18.8 Å². The summed E-state index contributed by atoms with van der Waals surface area (Å²) in [5.41, 5.74) is 2.48. The van der Waals surface area contributed by atoms with Gasteiger partial charge in [-0.1, -0.05) is 19.9 Å². The second-order valence-electron chi connectivity index (χ2n) is 5.32. The Morgan fingerprint density at radius 3 is 2.81 bits per heavy atom. The maximum Gasteiger partial charge on any atom is 0.0570 e. The lowest BCUT2D eigenvalue weighted by Gasteiger charge is -2.38. The van der Waals surface area contributed by atoms with E-state index in [0.29, 0.717) is 6.04 Å². The number of hydrogen-bond acceptors (Lipinski definition) is 2. The predicted octanol–water partition coefficient (Wildman–Crippen LogP) is 2.91. The van der Waals surface area contributed by atoms with Crippen LogP contribution < -0.4 is 5.32 Å². The van der Waals surface area contributed by atoms with Gasteiger partial charge in [-0.15, -0.1) is 0 Å². The molecule has 2 rings (SSSR count). The third kappa shape index (κ3) is 2.62. The third-order valence-corrected chi connectivity index (χ3v) is 3.79. The summed E-state index contributed by atoms with van der Waals surface area (Å²) in [5.74, 6) is 1.77. The Bertz CT molecular complexity index is 340. The first kappa shape index (κ1) is 11.6. The number of rotatable bonds is 4. The Morgan fingerprint density at radius 1 is 1.44 bits per heavy atom. The van der Waals surface area contributed by atoms with Crippen LogP contribution in [0.1, 0.15) is 37.9 Å². The molecule has 1 aromatic rings. The Balaban J connectivity index is 1.76. The highest BCUT2D eigenvalue weighted by molar-refractivity contribution is 5.17. The van der Waals surface area contributed by atoms with Crippen LogP contribution in [0, 0.1) is 18.8 Å². The topological polar surface area (TPSA) is 24.9 Å². The van der Waals surface area contributed by atoms with Gasteiger partial charge in [0.05, 0.1) is 5.69 Å². The minimum absolute atomic E-state index is 0.716. The number of aryl methyl sites for hydroxylation is 1. The van der Waals surface area contributed by atoms with Crippen molar-refractivity contribution in [2.24, 2.45) is 11.8 Å². The van der Waals surface area contributed by atoms with E-state index in [2.05, 4.69) is 37.1 Å². The average Bonchev–Trinajstić information content (AvgIpc) is 2.17. The third-order valence-electron chi connectivity index (χ3n) is 3.79. The first-order valence-corrected chi connectivity index (χ1v) is 6.30. The molecule has 1 aromatic heterocycles. The summed E-state index contributed by atoms with van der Waals surface area (Å²) in [5, 5.41) is 3.60. The smallest absolute Gasteiger partial charge is 0.0570 e. The number of hydrogen-bond donors (Lipinski definition) is 1. The van der Waals surface area contributed by atoms with E-state index in [4.69, 9.17) is 0 Å². The van der Waals surface area contributed by atoms with E-state index in [1.165, 1.54) is 24.1 Å². The zero-order chi connectivity index (χ0) is 11.5. The van der Waals surface area contributed by atoms with E-state index in [1.54, 1.807) is 0 Å². The lowest BCUT2D eigenvalue weighted by Crippen LogP contribution is -2.42. The zero-order valence-corrected chi connectivity index (χ0v) is 10.5. The summed E-state index contributed by atoms with van der Waals surface area (Å²) in [6.45, 7) is 7.69. The van der Waals surface area contributed by atoms with Crippen LogP contribution in [0.25, 0.3) is 0 Å². The summed E-state index contributed by atoms with van der Waals surface area (Å²) in [7, 11) is 0. The minimum Gasteiger partial charge on any atom is -0.308 e. The zero-order valence-electron chi connectivity index (χ0n) is 10.5. The van der Waals surface area contributed by atoms with Gasteiger partial charge in [0.2, 0.25) is 0 Å². The lowest BCUT2D eigenvalue weighted by atomic mass is 9.73. The molecule has 1 N–H and O–H groups in total. The molecule has 1 aliphatic rings. The minimum atomic E-state index is 0.716. The lowest BCUT2D eigenvalue weighted by molar-refractivity contribution is 0.167. The van der Waals surface area contributed by atoms with Crippen LogP contribution in [0.4, 0.5) is 0 Å². The van der Waals surface area contributed by atoms with Gasteiger partial charge in [-0.25, -0.2) is 0 Å². The molecule has 1 saturated carbocycles. The van der Waals surface area contributed by atoms with Crippen molar-refractivity contribution in [2.75, 3.05) is 0 Å². The molecule has 0 spiro atoms. The van der Waals surface area contributed by atoms with Crippen molar-refractivity contribution < 1.29 is 0 Å². The fourth-order valence-electron chi connectivity index (χ4n) is 2.32. The highest BCUT2D eigenvalue weighted by atomic mass is 14.9. The Kier molecular flexibility index (Phi) is 3.59. The van der Waals surface area contributed by atoms with Crippen molar-refractivity contribution >= 4 is 0 Å². The van der Waals surface area contributed by atoms with Gasteiger partial charge < -0.3 is 5.32 Å². The molecular formula is C14H22N2. The molecule has 0 aliphatic heterocycles. The van der Waals surface area contributed by atoms with Gasteiger partial charge in [0.15, 0.2) is 0 Å². The molecule has 1 heterocycles. The highest BCUT2D eigenvalue weighted by Crippen LogP contribution is 2.33. The number of nitrogens with one attached hydrogen (secondary N) is 1. The van der Waals surface area contributed by atoms with E-state index in [9.17, 15) is 0 Å². The molecule has 1 fully saturated rings. The van der Waals surface area contributed by atoms with Crippen molar-refractivity contribution in [3.63, 3.8) is 0 Å². The maximum atomic E-state index is 4.40. The van der Waals surface area contributed by atoms with Crippen LogP contribution in [0.5, 0.6) is 0 Å². The van der Waals surface area contributed by atoms with Gasteiger partial charge in [0.1, 0.15) is 0 Å². The molecular weight excluding hydrogens is 196 g/mol. The fraction of sp³-hybridized carbons (Fsp3) is 0.643. The second-order valence-corrected chi connectivity index (χ2v) is 5.32. The molecule has 0 amide bonds. The molecule has 0 unspecified atom stereocenters. The molecule has 0 radical (unpaired) electrons. The molecule has 2 nitrogen and oxygen atoms in total. The van der Waals surface area contributed by atoms with Crippen LogP contribution in [-0.4, -0.2) is 11.0 Å². The summed E-state index contributed by atoms with van der Waals surface area (Å²) in [6.07, 6.45) is 4.55. The molecule has 0 bridgehead atoms. The molecule has 0 saturated heterocycles. The van der Waals surface area contributed by atoms with Gasteiger partial charge in [-0.2, -0.15) is 0 Å². The molecule has 1 aliphatic carbocycles. The first-order chi connectivity index (χ1) is 7.66. The van der Waals surface area contributed by atoms with Gasteiger partial charge in [0.25, 0.3) is 0 Å². The van der Waals surface area contributed by atoms with E-state index in [0.717, 1.165) is 18.4 Å². The fourth-order valence-corrected chi connectivity index (χ4v) is 2.32. The van der Waals surface area contributed by atoms with Crippen molar-refractivity contribution in [1.82, 2.24) is 10.3 Å². The molecule has 2 heteroatoms. The van der Waals surface area contributed by atoms with Crippen LogP contribution in [-0.2, 0) is 6.54 Å². The number of pyridine rings is 1. The number of aromatic nitrogens is 1. The summed E-state index contributed by atoms with van der Waals surface area (Å²) < 4.78 is 0. The van der Waals surface area contributed by atoms with Crippen LogP contribution >= 0.6 is 0 Å². The van der Waals surface area contributed by atoms with Crippen molar-refractivity contribution in [3.05, 3.63) is 29.6 Å². The van der Waals surface area contributed by atoms with Crippen molar-refractivity contribution in [3.8, 4) is 0 Å². The largest absolute Gasteiger partial charge is 0.308 e. The molecule has 0 aromatic carbocycles. The van der Waals surface area contributed by atoms with Crippen LogP contribution in [0.15, 0.2) is 18.3 Å². The number of nitrogens with zero attached hydrogens (tertiary/aromatic N) is 1. The van der Waals surface area contributed by atoms with E-state index in [1.807, 2.05) is 12.3 Å². The van der Waals surface area contributed by atoms with Crippen LogP contribution in [0.2, 0.25) is 0 Å². The Hall–Kier alpha value is -0.890. The van der Waals surface area contributed by atoms with E-state index < -0.39 is 0 Å². The normalized spacial score (nSPS) is 24.5. The molecule has 88 valence electrons. The SMILES string of the molecule is Cc1cccnc1CNC1CC(C(C)C)C1. The maximum absolute atomic E-state index is 4.40. The quantitative estimate of drug-likeness (QED) is 0.840.